The van der Waals surface area contributed by atoms with Gasteiger partial charge in [0.05, 0.1) is 15.7 Å². The second-order valence-corrected chi connectivity index (χ2v) is 7.57. The first-order valence-corrected chi connectivity index (χ1v) is 9.13. The van der Waals surface area contributed by atoms with Crippen molar-refractivity contribution < 1.29 is 0 Å². The third kappa shape index (κ3) is 3.28. The minimum atomic E-state index is 0.159. The number of nitrogens with zero attached hydrogens (tertiary/aromatic N) is 2. The molecule has 1 unspecified atom stereocenters. The Labute approximate surface area is 144 Å². The smallest absolute Gasteiger partial charge is 0.132 e. The van der Waals surface area contributed by atoms with E-state index in [9.17, 15) is 0 Å². The van der Waals surface area contributed by atoms with Gasteiger partial charge in [0, 0.05) is 40.5 Å². The first-order chi connectivity index (χ1) is 11.2. The normalized spacial score (nSPS) is 15.6. The molecule has 1 aliphatic carbocycles. The molecular weight excluding hydrogens is 324 g/mol. The number of anilines is 3. The lowest BCUT2D eigenvalue weighted by Gasteiger charge is -2.15. The van der Waals surface area contributed by atoms with Gasteiger partial charge in [-0.15, -0.1) is 11.3 Å². The van der Waals surface area contributed by atoms with Crippen molar-refractivity contribution in [1.29, 1.82) is 0 Å². The number of thiol groups is 1. The van der Waals surface area contributed by atoms with Crippen LogP contribution in [0.2, 0.25) is 0 Å². The molecule has 6 heteroatoms. The van der Waals surface area contributed by atoms with E-state index < -0.39 is 0 Å². The standard InChI is InChI=1S/C17H18N4S2/c1-10(22)13-8-18-17(7-15(13)20-11-2-3-11)21-12-4-5-14-16(6-12)23-9-19-14/h4-11,22H,2-3H2,1H3,(H2,18,20,21). The van der Waals surface area contributed by atoms with Crippen molar-refractivity contribution in [3.05, 3.63) is 41.5 Å². The van der Waals surface area contributed by atoms with E-state index in [0.29, 0.717) is 6.04 Å². The molecule has 118 valence electrons. The van der Waals surface area contributed by atoms with Crippen LogP contribution in [0, 0.1) is 0 Å². The molecule has 1 fully saturated rings. The first kappa shape index (κ1) is 14.8. The summed E-state index contributed by atoms with van der Waals surface area (Å²) < 4.78 is 1.17. The van der Waals surface area contributed by atoms with Crippen molar-refractivity contribution in [1.82, 2.24) is 9.97 Å². The van der Waals surface area contributed by atoms with Crippen LogP contribution in [0.1, 0.15) is 30.6 Å². The minimum absolute atomic E-state index is 0.159. The Morgan fingerprint density at radius 3 is 2.91 bits per heavy atom. The topological polar surface area (TPSA) is 49.8 Å². The Hall–Kier alpha value is -1.79. The van der Waals surface area contributed by atoms with Crippen LogP contribution < -0.4 is 10.6 Å². The molecule has 1 saturated carbocycles. The lowest BCUT2D eigenvalue weighted by atomic mass is 10.1. The van der Waals surface area contributed by atoms with Crippen LogP contribution in [0.15, 0.2) is 36.0 Å². The summed E-state index contributed by atoms with van der Waals surface area (Å²) in [6.07, 6.45) is 4.40. The number of aromatic nitrogens is 2. The fourth-order valence-corrected chi connectivity index (χ4v) is 3.44. The summed E-state index contributed by atoms with van der Waals surface area (Å²) >= 11 is 6.20. The molecule has 0 saturated heterocycles. The van der Waals surface area contributed by atoms with Crippen molar-refractivity contribution in [2.45, 2.75) is 31.1 Å². The summed E-state index contributed by atoms with van der Waals surface area (Å²) in [5.41, 5.74) is 6.20. The molecule has 0 radical (unpaired) electrons. The Bertz CT molecular complexity index is 839. The number of fused-ring (bicyclic) bond motifs is 1. The maximum atomic E-state index is 4.56. The third-order valence-electron chi connectivity index (χ3n) is 3.93. The van der Waals surface area contributed by atoms with Crippen molar-refractivity contribution in [3.63, 3.8) is 0 Å². The molecule has 1 aliphatic rings. The van der Waals surface area contributed by atoms with Gasteiger partial charge in [-0.2, -0.15) is 12.6 Å². The van der Waals surface area contributed by atoms with Crippen LogP contribution in [0.25, 0.3) is 10.2 Å². The molecular formula is C17H18N4S2. The van der Waals surface area contributed by atoms with Crippen LogP contribution >= 0.6 is 24.0 Å². The number of hydrogen-bond acceptors (Lipinski definition) is 6. The highest BCUT2D eigenvalue weighted by molar-refractivity contribution is 7.80. The molecule has 2 heterocycles. The quantitative estimate of drug-likeness (QED) is 0.571. The highest BCUT2D eigenvalue weighted by Gasteiger charge is 2.23. The predicted octanol–water partition coefficient (Wildman–Crippen LogP) is 5.00. The van der Waals surface area contributed by atoms with E-state index >= 15 is 0 Å². The molecule has 3 aromatic rings. The molecule has 1 aromatic carbocycles. The zero-order chi connectivity index (χ0) is 15.8. The summed E-state index contributed by atoms with van der Waals surface area (Å²) in [5.74, 6) is 0.842. The van der Waals surface area contributed by atoms with Crippen molar-refractivity contribution in [2.75, 3.05) is 10.6 Å². The molecule has 2 aromatic heterocycles. The van der Waals surface area contributed by atoms with Gasteiger partial charge in [-0.25, -0.2) is 9.97 Å². The molecule has 0 aliphatic heterocycles. The van der Waals surface area contributed by atoms with E-state index in [1.165, 1.54) is 17.5 Å². The van der Waals surface area contributed by atoms with E-state index in [1.54, 1.807) is 11.3 Å². The van der Waals surface area contributed by atoms with Gasteiger partial charge in [-0.3, -0.25) is 0 Å². The van der Waals surface area contributed by atoms with Gasteiger partial charge in [0.25, 0.3) is 0 Å². The second kappa shape index (κ2) is 6.02. The van der Waals surface area contributed by atoms with Crippen molar-refractivity contribution in [3.8, 4) is 0 Å². The molecule has 0 bridgehead atoms. The number of nitrogens with one attached hydrogen (secondary N) is 2. The second-order valence-electron chi connectivity index (χ2n) is 5.91. The molecule has 2 N–H and O–H groups in total. The van der Waals surface area contributed by atoms with Crippen molar-refractivity contribution >= 4 is 51.4 Å². The van der Waals surface area contributed by atoms with E-state index in [2.05, 4.69) is 52.3 Å². The molecule has 23 heavy (non-hydrogen) atoms. The SMILES string of the molecule is CC(S)c1cnc(Nc2ccc3ncsc3c2)cc1NC1CC1. The van der Waals surface area contributed by atoms with Crippen LogP contribution in [-0.4, -0.2) is 16.0 Å². The number of benzene rings is 1. The number of thiazole rings is 1. The van der Waals surface area contributed by atoms with Gasteiger partial charge >= 0.3 is 0 Å². The number of rotatable bonds is 5. The van der Waals surface area contributed by atoms with Crippen LogP contribution in [0.3, 0.4) is 0 Å². The average molecular weight is 342 g/mol. The zero-order valence-electron chi connectivity index (χ0n) is 12.8. The van der Waals surface area contributed by atoms with Gasteiger partial charge in [0.15, 0.2) is 0 Å². The third-order valence-corrected chi connectivity index (χ3v) is 5.00. The summed E-state index contributed by atoms with van der Waals surface area (Å²) in [5, 5.41) is 7.13. The largest absolute Gasteiger partial charge is 0.382 e. The Morgan fingerprint density at radius 2 is 2.13 bits per heavy atom. The van der Waals surface area contributed by atoms with Gasteiger partial charge in [-0.05, 0) is 38.0 Å². The summed E-state index contributed by atoms with van der Waals surface area (Å²) in [6.45, 7) is 2.07. The van der Waals surface area contributed by atoms with Crippen LogP contribution in [-0.2, 0) is 0 Å². The number of pyridine rings is 1. The van der Waals surface area contributed by atoms with E-state index in [0.717, 1.165) is 28.3 Å². The van der Waals surface area contributed by atoms with Gasteiger partial charge in [0.2, 0.25) is 0 Å². The van der Waals surface area contributed by atoms with Gasteiger partial charge in [-0.1, -0.05) is 0 Å². The molecule has 4 rings (SSSR count). The molecule has 0 amide bonds. The van der Waals surface area contributed by atoms with Crippen LogP contribution in [0.5, 0.6) is 0 Å². The Kier molecular flexibility index (Phi) is 3.87. The van der Waals surface area contributed by atoms with E-state index in [4.69, 9.17) is 0 Å². The molecule has 0 spiro atoms. The predicted molar refractivity (Wildman–Crippen MR) is 101 cm³/mol. The molecule has 4 nitrogen and oxygen atoms in total. The van der Waals surface area contributed by atoms with Gasteiger partial charge < -0.3 is 10.6 Å². The fourth-order valence-electron chi connectivity index (χ4n) is 2.52. The van der Waals surface area contributed by atoms with Crippen LogP contribution in [0.4, 0.5) is 17.2 Å². The first-order valence-electron chi connectivity index (χ1n) is 7.74. The summed E-state index contributed by atoms with van der Waals surface area (Å²) in [7, 11) is 0. The summed E-state index contributed by atoms with van der Waals surface area (Å²) in [6, 6.07) is 8.86. The Balaban J connectivity index is 1.62. The summed E-state index contributed by atoms with van der Waals surface area (Å²) in [4.78, 5) is 8.85. The minimum Gasteiger partial charge on any atom is -0.382 e. The lowest BCUT2D eigenvalue weighted by Crippen LogP contribution is -2.06. The highest BCUT2D eigenvalue weighted by atomic mass is 32.1. The highest BCUT2D eigenvalue weighted by Crippen LogP contribution is 2.33. The Morgan fingerprint density at radius 1 is 1.26 bits per heavy atom. The maximum absolute atomic E-state index is 4.56. The average Bonchev–Trinajstić information content (AvgIpc) is 3.22. The van der Waals surface area contributed by atoms with Crippen molar-refractivity contribution in [2.24, 2.45) is 0 Å². The number of hydrogen-bond donors (Lipinski definition) is 3. The monoisotopic (exact) mass is 342 g/mol. The lowest BCUT2D eigenvalue weighted by molar-refractivity contribution is 1.05. The van der Waals surface area contributed by atoms with Gasteiger partial charge in [0.1, 0.15) is 5.82 Å². The maximum Gasteiger partial charge on any atom is 0.132 e. The van der Waals surface area contributed by atoms with E-state index in [1.807, 2.05) is 23.8 Å². The molecule has 1 atom stereocenters. The van der Waals surface area contributed by atoms with E-state index in [-0.39, 0.29) is 5.25 Å². The zero-order valence-corrected chi connectivity index (χ0v) is 14.5. The fraction of sp³-hybridized carbons (Fsp3) is 0.294.